The van der Waals surface area contributed by atoms with Gasteiger partial charge in [-0.25, -0.2) is 0 Å². The Bertz CT molecular complexity index is 653. The van der Waals surface area contributed by atoms with Crippen molar-refractivity contribution in [2.24, 2.45) is 0 Å². The smallest absolute Gasteiger partial charge is 0.128 e. The average Bonchev–Trinajstić information content (AvgIpc) is 3.01. The number of nitrogen functional groups attached to an aromatic ring is 1. The molecule has 0 aliphatic carbocycles. The third-order valence-corrected chi connectivity index (χ3v) is 7.08. The van der Waals surface area contributed by atoms with Gasteiger partial charge in [-0.3, -0.25) is 0 Å². The van der Waals surface area contributed by atoms with Crippen LogP contribution in [0.25, 0.3) is 9.75 Å². The Morgan fingerprint density at radius 3 is 2.95 bits per heavy atom. The van der Waals surface area contributed by atoms with Gasteiger partial charge in [0.25, 0.3) is 0 Å². The summed E-state index contributed by atoms with van der Waals surface area (Å²) in [6.45, 7) is 2.16. The number of aryl methyl sites for hydroxylation is 1. The lowest BCUT2D eigenvalue weighted by Crippen LogP contribution is -1.96. The minimum absolute atomic E-state index is 0.671. The molecule has 5 heteroatoms. The summed E-state index contributed by atoms with van der Waals surface area (Å²) in [5.74, 6) is 2.35. The van der Waals surface area contributed by atoms with Gasteiger partial charge in [0, 0.05) is 15.5 Å². The third kappa shape index (κ3) is 2.37. The number of thiophene rings is 2. The lowest BCUT2D eigenvalue weighted by atomic mass is 10.1. The number of nitrogens with zero attached hydrogens (tertiary/aromatic N) is 1. The van der Waals surface area contributed by atoms with E-state index in [9.17, 15) is 5.26 Å². The topological polar surface area (TPSA) is 49.8 Å². The first kappa shape index (κ1) is 14.0. The molecule has 20 heavy (non-hydrogen) atoms. The van der Waals surface area contributed by atoms with E-state index in [0.29, 0.717) is 10.6 Å². The van der Waals surface area contributed by atoms with Crippen molar-refractivity contribution in [2.45, 2.75) is 31.9 Å². The molecule has 2 aromatic rings. The van der Waals surface area contributed by atoms with E-state index in [-0.39, 0.29) is 0 Å². The van der Waals surface area contributed by atoms with Crippen LogP contribution in [0.5, 0.6) is 0 Å². The first-order chi connectivity index (χ1) is 9.74. The highest BCUT2D eigenvalue weighted by Crippen LogP contribution is 2.44. The summed E-state index contributed by atoms with van der Waals surface area (Å²) in [5, 5.41) is 9.21. The molecule has 3 rings (SSSR count). The maximum absolute atomic E-state index is 9.21. The summed E-state index contributed by atoms with van der Waals surface area (Å²) in [5.41, 5.74) is 9.51. The van der Waals surface area contributed by atoms with Crippen LogP contribution in [0.3, 0.4) is 0 Å². The molecule has 1 aliphatic rings. The summed E-state index contributed by atoms with van der Waals surface area (Å²) in [7, 11) is 0. The monoisotopic (exact) mass is 320 g/mol. The highest BCUT2D eigenvalue weighted by atomic mass is 32.2. The SMILES string of the molecule is CCCc1c(-c2cc3c(s2)CCSC3)sc(C#N)c1N. The molecule has 0 aromatic carbocycles. The first-order valence-corrected chi connectivity index (χ1v) is 9.54. The fraction of sp³-hybridized carbons (Fsp3) is 0.400. The highest BCUT2D eigenvalue weighted by molar-refractivity contribution is 7.98. The van der Waals surface area contributed by atoms with E-state index in [4.69, 9.17) is 5.73 Å². The number of hydrogen-bond donors (Lipinski definition) is 1. The molecule has 0 fully saturated rings. The van der Waals surface area contributed by atoms with Gasteiger partial charge in [0.15, 0.2) is 0 Å². The first-order valence-electron chi connectivity index (χ1n) is 6.75. The van der Waals surface area contributed by atoms with Crippen molar-refractivity contribution < 1.29 is 0 Å². The predicted octanol–water partition coefficient (Wildman–Crippen LogP) is 4.67. The average molecular weight is 321 g/mol. The van der Waals surface area contributed by atoms with Gasteiger partial charge >= 0.3 is 0 Å². The van der Waals surface area contributed by atoms with Crippen LogP contribution in [-0.4, -0.2) is 5.75 Å². The number of rotatable bonds is 3. The van der Waals surface area contributed by atoms with Crippen LogP contribution in [0.4, 0.5) is 5.69 Å². The summed E-state index contributed by atoms with van der Waals surface area (Å²) in [4.78, 5) is 4.72. The van der Waals surface area contributed by atoms with Gasteiger partial charge in [0.2, 0.25) is 0 Å². The molecule has 2 N–H and O–H groups in total. The van der Waals surface area contributed by atoms with Gasteiger partial charge in [0.1, 0.15) is 10.9 Å². The van der Waals surface area contributed by atoms with E-state index in [1.54, 1.807) is 11.3 Å². The van der Waals surface area contributed by atoms with E-state index in [1.807, 2.05) is 23.1 Å². The molecule has 0 saturated heterocycles. The zero-order valence-electron chi connectivity index (χ0n) is 11.4. The number of fused-ring (bicyclic) bond motifs is 1. The molecule has 2 aromatic heterocycles. The van der Waals surface area contributed by atoms with Crippen molar-refractivity contribution in [3.8, 4) is 15.8 Å². The highest BCUT2D eigenvalue weighted by Gasteiger charge is 2.20. The van der Waals surface area contributed by atoms with Crippen molar-refractivity contribution >= 4 is 40.1 Å². The second kappa shape index (κ2) is 5.80. The lowest BCUT2D eigenvalue weighted by Gasteiger charge is -2.08. The number of hydrogen-bond acceptors (Lipinski definition) is 5. The van der Waals surface area contributed by atoms with Gasteiger partial charge in [-0.15, -0.1) is 22.7 Å². The van der Waals surface area contributed by atoms with E-state index in [1.165, 1.54) is 37.9 Å². The molecule has 0 saturated carbocycles. The van der Waals surface area contributed by atoms with Crippen LogP contribution in [0.2, 0.25) is 0 Å². The molecule has 0 bridgehead atoms. The van der Waals surface area contributed by atoms with Crippen molar-refractivity contribution in [3.63, 3.8) is 0 Å². The number of thioether (sulfide) groups is 1. The van der Waals surface area contributed by atoms with Crippen LogP contribution in [0.1, 0.15) is 34.2 Å². The molecule has 0 spiro atoms. The molecule has 0 atom stereocenters. The van der Waals surface area contributed by atoms with Gasteiger partial charge in [-0.05, 0) is 35.8 Å². The van der Waals surface area contributed by atoms with Crippen LogP contribution in [0, 0.1) is 11.3 Å². The molecule has 0 unspecified atom stereocenters. The molecular formula is C15H16N2S3. The molecule has 1 aliphatic heterocycles. The zero-order valence-corrected chi connectivity index (χ0v) is 13.8. The Kier molecular flexibility index (Phi) is 4.06. The second-order valence-electron chi connectivity index (χ2n) is 4.88. The number of nitrogens with two attached hydrogens (primary N) is 1. The Labute approximate surface area is 131 Å². The lowest BCUT2D eigenvalue weighted by molar-refractivity contribution is 0.930. The van der Waals surface area contributed by atoms with Crippen molar-refractivity contribution in [2.75, 3.05) is 11.5 Å². The van der Waals surface area contributed by atoms with Gasteiger partial charge < -0.3 is 5.73 Å². The molecule has 2 nitrogen and oxygen atoms in total. The summed E-state index contributed by atoms with van der Waals surface area (Å²) >= 11 is 5.46. The quantitative estimate of drug-likeness (QED) is 0.894. The van der Waals surface area contributed by atoms with Crippen molar-refractivity contribution in [1.82, 2.24) is 0 Å². The molecule has 0 amide bonds. The summed E-state index contributed by atoms with van der Waals surface area (Å²) < 4.78 is 0. The van der Waals surface area contributed by atoms with Gasteiger partial charge in [-0.1, -0.05) is 13.3 Å². The van der Waals surface area contributed by atoms with Gasteiger partial charge in [-0.2, -0.15) is 17.0 Å². The normalized spacial score (nSPS) is 14.0. The van der Waals surface area contributed by atoms with Gasteiger partial charge in [0.05, 0.1) is 10.6 Å². The maximum atomic E-state index is 9.21. The molecule has 104 valence electrons. The molecular weight excluding hydrogens is 304 g/mol. The fourth-order valence-corrected chi connectivity index (χ4v) is 6.08. The van der Waals surface area contributed by atoms with Crippen LogP contribution in [-0.2, 0) is 18.6 Å². The Morgan fingerprint density at radius 1 is 1.40 bits per heavy atom. The summed E-state index contributed by atoms with van der Waals surface area (Å²) in [6, 6.07) is 4.56. The van der Waals surface area contributed by atoms with E-state index < -0.39 is 0 Å². The molecule has 0 radical (unpaired) electrons. The maximum Gasteiger partial charge on any atom is 0.128 e. The van der Waals surface area contributed by atoms with E-state index >= 15 is 0 Å². The van der Waals surface area contributed by atoms with Crippen molar-refractivity contribution in [3.05, 3.63) is 26.9 Å². The van der Waals surface area contributed by atoms with Crippen molar-refractivity contribution in [1.29, 1.82) is 5.26 Å². The largest absolute Gasteiger partial charge is 0.397 e. The second-order valence-corrected chi connectivity index (χ2v) is 8.14. The Morgan fingerprint density at radius 2 is 2.25 bits per heavy atom. The van der Waals surface area contributed by atoms with Crippen LogP contribution < -0.4 is 5.73 Å². The Balaban J connectivity index is 2.09. The van der Waals surface area contributed by atoms with Crippen LogP contribution in [0.15, 0.2) is 6.07 Å². The van der Waals surface area contributed by atoms with Crippen LogP contribution >= 0.6 is 34.4 Å². The minimum Gasteiger partial charge on any atom is -0.397 e. The van der Waals surface area contributed by atoms with E-state index in [2.05, 4.69) is 19.1 Å². The molecule has 3 heterocycles. The number of nitriles is 1. The Hall–Kier alpha value is -0.960. The summed E-state index contributed by atoms with van der Waals surface area (Å²) in [6.07, 6.45) is 3.19. The standard InChI is InChI=1S/C15H16N2S3/c1-2-3-10-14(17)13(7-16)20-15(10)12-6-9-8-18-5-4-11(9)19-12/h6H,2-5,8,17H2,1H3. The number of anilines is 1. The zero-order chi connectivity index (χ0) is 14.1. The third-order valence-electron chi connectivity index (χ3n) is 3.50. The predicted molar refractivity (Wildman–Crippen MR) is 90.6 cm³/mol. The fourth-order valence-electron chi connectivity index (χ4n) is 2.52. The van der Waals surface area contributed by atoms with E-state index in [0.717, 1.165) is 18.6 Å². The minimum atomic E-state index is 0.671.